The van der Waals surface area contributed by atoms with Crippen LogP contribution in [0.15, 0.2) is 33.6 Å². The second-order valence-corrected chi connectivity index (χ2v) is 6.12. The molecule has 3 aromatic heterocycles. The number of nitrogens with two attached hydrogens (primary N) is 1. The van der Waals surface area contributed by atoms with Gasteiger partial charge in [0.1, 0.15) is 0 Å². The summed E-state index contributed by atoms with van der Waals surface area (Å²) in [6.07, 6.45) is 8.50. The van der Waals surface area contributed by atoms with Crippen molar-refractivity contribution < 1.29 is 9.05 Å². The van der Waals surface area contributed by atoms with Crippen LogP contribution in [0, 0.1) is 0 Å². The minimum Gasteiger partial charge on any atom is -0.339 e. The van der Waals surface area contributed by atoms with Crippen molar-refractivity contribution in [3.8, 4) is 11.4 Å². The first-order chi connectivity index (χ1) is 11.7. The van der Waals surface area contributed by atoms with Gasteiger partial charge >= 0.3 is 0 Å². The first-order valence-electron chi connectivity index (χ1n) is 8.08. The van der Waals surface area contributed by atoms with Gasteiger partial charge in [-0.2, -0.15) is 9.97 Å². The lowest BCUT2D eigenvalue weighted by Crippen LogP contribution is -2.34. The maximum atomic E-state index is 6.34. The molecule has 8 heteroatoms. The van der Waals surface area contributed by atoms with Gasteiger partial charge in [-0.3, -0.25) is 4.98 Å². The lowest BCUT2D eigenvalue weighted by atomic mass is 9.99. The molecule has 8 nitrogen and oxygen atoms in total. The van der Waals surface area contributed by atoms with Crippen molar-refractivity contribution in [2.45, 2.75) is 44.1 Å². The summed E-state index contributed by atoms with van der Waals surface area (Å²) in [6.45, 7) is 0. The zero-order chi connectivity index (χ0) is 16.4. The summed E-state index contributed by atoms with van der Waals surface area (Å²) in [4.78, 5) is 12.8. The molecule has 4 rings (SSSR count). The highest BCUT2D eigenvalue weighted by atomic mass is 16.5. The van der Waals surface area contributed by atoms with Gasteiger partial charge < -0.3 is 14.8 Å². The van der Waals surface area contributed by atoms with Gasteiger partial charge in [-0.05, 0) is 25.0 Å². The van der Waals surface area contributed by atoms with Gasteiger partial charge in [-0.25, -0.2) is 0 Å². The molecule has 0 radical (unpaired) electrons. The highest BCUT2D eigenvalue weighted by molar-refractivity contribution is 5.52. The van der Waals surface area contributed by atoms with Crippen LogP contribution < -0.4 is 5.73 Å². The summed E-state index contributed by atoms with van der Waals surface area (Å²) in [5.41, 5.74) is 6.77. The predicted molar refractivity (Wildman–Crippen MR) is 83.6 cm³/mol. The first kappa shape index (κ1) is 14.9. The molecule has 3 heterocycles. The van der Waals surface area contributed by atoms with Crippen LogP contribution in [-0.4, -0.2) is 25.3 Å². The quantitative estimate of drug-likeness (QED) is 0.757. The van der Waals surface area contributed by atoms with Crippen LogP contribution in [0.5, 0.6) is 0 Å². The topological polar surface area (TPSA) is 117 Å². The average Bonchev–Trinajstić information content (AvgIpc) is 3.35. The number of aromatic nitrogens is 5. The molecule has 0 aromatic carbocycles. The second kappa shape index (κ2) is 6.12. The van der Waals surface area contributed by atoms with Gasteiger partial charge in [0.15, 0.2) is 5.82 Å². The maximum Gasteiger partial charge on any atom is 0.227 e. The summed E-state index contributed by atoms with van der Waals surface area (Å²) in [7, 11) is 0. The van der Waals surface area contributed by atoms with E-state index in [2.05, 4.69) is 25.3 Å². The Kier molecular flexibility index (Phi) is 3.81. The van der Waals surface area contributed by atoms with Crippen molar-refractivity contribution in [1.29, 1.82) is 0 Å². The minimum absolute atomic E-state index is 0.430. The van der Waals surface area contributed by atoms with Gasteiger partial charge in [0.25, 0.3) is 0 Å². The van der Waals surface area contributed by atoms with Gasteiger partial charge in [0.05, 0.1) is 5.54 Å². The largest absolute Gasteiger partial charge is 0.339 e. The zero-order valence-electron chi connectivity index (χ0n) is 13.2. The number of nitrogens with zero attached hydrogens (tertiary/aromatic N) is 5. The van der Waals surface area contributed by atoms with Crippen molar-refractivity contribution in [1.82, 2.24) is 25.3 Å². The van der Waals surface area contributed by atoms with E-state index in [1.807, 2.05) is 12.1 Å². The van der Waals surface area contributed by atoms with E-state index in [0.29, 0.717) is 36.3 Å². The van der Waals surface area contributed by atoms with Crippen LogP contribution in [-0.2, 0) is 18.4 Å². The SMILES string of the molecule is NC1(c2noc(CCc3nc(-c4ccncc4)no3)n2)CCCC1. The van der Waals surface area contributed by atoms with E-state index in [1.165, 1.54) is 0 Å². The first-order valence-corrected chi connectivity index (χ1v) is 8.08. The van der Waals surface area contributed by atoms with Gasteiger partial charge in [0.2, 0.25) is 17.6 Å². The summed E-state index contributed by atoms with van der Waals surface area (Å²) < 4.78 is 10.6. The van der Waals surface area contributed by atoms with E-state index in [9.17, 15) is 0 Å². The molecule has 0 spiro atoms. The fraction of sp³-hybridized carbons (Fsp3) is 0.438. The Balaban J connectivity index is 1.41. The molecule has 1 saturated carbocycles. The van der Waals surface area contributed by atoms with E-state index < -0.39 is 5.54 Å². The Morgan fingerprint density at radius 1 is 0.958 bits per heavy atom. The van der Waals surface area contributed by atoms with Crippen molar-refractivity contribution in [2.24, 2.45) is 5.73 Å². The minimum atomic E-state index is -0.430. The smallest absolute Gasteiger partial charge is 0.227 e. The molecule has 0 atom stereocenters. The monoisotopic (exact) mass is 326 g/mol. The number of hydrogen-bond acceptors (Lipinski definition) is 8. The molecule has 24 heavy (non-hydrogen) atoms. The van der Waals surface area contributed by atoms with Gasteiger partial charge in [-0.15, -0.1) is 0 Å². The number of rotatable bonds is 5. The van der Waals surface area contributed by atoms with Crippen molar-refractivity contribution in [3.05, 3.63) is 42.1 Å². The predicted octanol–water partition coefficient (Wildman–Crippen LogP) is 2.03. The third-order valence-electron chi connectivity index (χ3n) is 4.37. The fourth-order valence-electron chi connectivity index (χ4n) is 2.98. The summed E-state index contributed by atoms with van der Waals surface area (Å²) in [5, 5.41) is 8.03. The van der Waals surface area contributed by atoms with E-state index in [0.717, 1.165) is 31.2 Å². The Labute approximate surface area is 138 Å². The van der Waals surface area contributed by atoms with Gasteiger partial charge in [0, 0.05) is 30.8 Å². The lowest BCUT2D eigenvalue weighted by Gasteiger charge is -2.17. The van der Waals surface area contributed by atoms with Gasteiger partial charge in [-0.1, -0.05) is 23.2 Å². The third kappa shape index (κ3) is 2.92. The molecule has 124 valence electrons. The van der Waals surface area contributed by atoms with Crippen molar-refractivity contribution >= 4 is 0 Å². The Morgan fingerprint density at radius 3 is 2.38 bits per heavy atom. The molecular weight excluding hydrogens is 308 g/mol. The zero-order valence-corrected chi connectivity index (χ0v) is 13.2. The molecule has 3 aromatic rings. The average molecular weight is 326 g/mol. The molecule has 1 aliphatic rings. The van der Waals surface area contributed by atoms with E-state index in [1.54, 1.807) is 12.4 Å². The van der Waals surface area contributed by atoms with Crippen LogP contribution in [0.2, 0.25) is 0 Å². The molecule has 0 aliphatic heterocycles. The van der Waals surface area contributed by atoms with Crippen LogP contribution in [0.25, 0.3) is 11.4 Å². The fourth-order valence-corrected chi connectivity index (χ4v) is 2.98. The van der Waals surface area contributed by atoms with E-state index in [-0.39, 0.29) is 0 Å². The van der Waals surface area contributed by atoms with Crippen LogP contribution in [0.3, 0.4) is 0 Å². The van der Waals surface area contributed by atoms with E-state index in [4.69, 9.17) is 14.8 Å². The third-order valence-corrected chi connectivity index (χ3v) is 4.37. The van der Waals surface area contributed by atoms with Crippen LogP contribution in [0.4, 0.5) is 0 Å². The normalized spacial score (nSPS) is 16.5. The molecule has 0 unspecified atom stereocenters. The van der Waals surface area contributed by atoms with Crippen LogP contribution >= 0.6 is 0 Å². The molecule has 0 amide bonds. The molecule has 1 fully saturated rings. The lowest BCUT2D eigenvalue weighted by molar-refractivity contribution is 0.339. The maximum absolute atomic E-state index is 6.34. The molecule has 0 bridgehead atoms. The highest BCUT2D eigenvalue weighted by Gasteiger charge is 2.35. The summed E-state index contributed by atoms with van der Waals surface area (Å²) >= 11 is 0. The highest BCUT2D eigenvalue weighted by Crippen LogP contribution is 2.34. The van der Waals surface area contributed by atoms with Crippen LogP contribution in [0.1, 0.15) is 43.3 Å². The number of hydrogen-bond donors (Lipinski definition) is 1. The second-order valence-electron chi connectivity index (χ2n) is 6.12. The molecule has 0 saturated heterocycles. The molecule has 1 aliphatic carbocycles. The van der Waals surface area contributed by atoms with Crippen molar-refractivity contribution in [3.63, 3.8) is 0 Å². The molecule has 2 N–H and O–H groups in total. The number of aryl methyl sites for hydroxylation is 2. The Hall–Kier alpha value is -2.61. The van der Waals surface area contributed by atoms with Crippen molar-refractivity contribution in [2.75, 3.05) is 0 Å². The number of pyridine rings is 1. The Morgan fingerprint density at radius 2 is 1.62 bits per heavy atom. The summed E-state index contributed by atoms with van der Waals surface area (Å²) in [6, 6.07) is 3.67. The van der Waals surface area contributed by atoms with E-state index >= 15 is 0 Å². The molecular formula is C16H18N6O2. The summed E-state index contributed by atoms with van der Waals surface area (Å²) in [5.74, 6) is 2.23. The Bertz CT molecular complexity index is 807. The standard InChI is InChI=1S/C16H18N6O2/c17-16(7-1-2-8-16)15-20-13(24-22-15)4-3-12-19-14(21-23-12)11-5-9-18-10-6-11/h5-6,9-10H,1-4,7-8,17H2.